The first-order valence-corrected chi connectivity index (χ1v) is 5.82. The third-order valence-electron chi connectivity index (χ3n) is 2.82. The molecule has 0 aliphatic carbocycles. The molecule has 3 nitrogen and oxygen atoms in total. The van der Waals surface area contributed by atoms with E-state index in [0.29, 0.717) is 6.10 Å². The van der Waals surface area contributed by atoms with Gasteiger partial charge < -0.3 is 15.0 Å². The Bertz CT molecular complexity index is 141. The highest BCUT2D eigenvalue weighted by Gasteiger charge is 2.20. The summed E-state index contributed by atoms with van der Waals surface area (Å²) in [6.45, 7) is 8.08. The van der Waals surface area contributed by atoms with E-state index >= 15 is 0 Å². The molecule has 0 aromatic rings. The quantitative estimate of drug-likeness (QED) is 0.623. The van der Waals surface area contributed by atoms with Gasteiger partial charge >= 0.3 is 0 Å². The molecule has 0 aromatic heterocycles. The monoisotopic (exact) mass is 200 g/mol. The van der Waals surface area contributed by atoms with E-state index in [-0.39, 0.29) is 0 Å². The number of ether oxygens (including phenoxy) is 1. The van der Waals surface area contributed by atoms with Gasteiger partial charge in [0.15, 0.2) is 0 Å². The Morgan fingerprint density at radius 2 is 2.29 bits per heavy atom. The predicted octanol–water partition coefficient (Wildman–Crippen LogP) is 1.10. The minimum atomic E-state index is 0.485. The van der Waals surface area contributed by atoms with E-state index in [2.05, 4.69) is 17.1 Å². The van der Waals surface area contributed by atoms with Crippen LogP contribution >= 0.6 is 0 Å². The van der Waals surface area contributed by atoms with Gasteiger partial charge in [0.25, 0.3) is 0 Å². The molecule has 1 rings (SSSR count). The molecular formula is C11H24N2O. The topological polar surface area (TPSA) is 24.5 Å². The van der Waals surface area contributed by atoms with E-state index in [1.807, 2.05) is 7.11 Å². The second-order valence-electron chi connectivity index (χ2n) is 4.05. The lowest BCUT2D eigenvalue weighted by Crippen LogP contribution is -2.27. The summed E-state index contributed by atoms with van der Waals surface area (Å²) in [5.41, 5.74) is 0. The van der Waals surface area contributed by atoms with Crippen molar-refractivity contribution >= 4 is 0 Å². The van der Waals surface area contributed by atoms with Crippen LogP contribution in [0, 0.1) is 0 Å². The molecule has 1 aliphatic rings. The van der Waals surface area contributed by atoms with Crippen molar-refractivity contribution in [3.05, 3.63) is 0 Å². The lowest BCUT2D eigenvalue weighted by atomic mass is 10.3. The number of nitrogens with one attached hydrogen (secondary N) is 1. The third kappa shape index (κ3) is 4.40. The second kappa shape index (κ2) is 7.21. The molecule has 0 aromatic carbocycles. The van der Waals surface area contributed by atoms with Crippen LogP contribution in [0.2, 0.25) is 0 Å². The maximum Gasteiger partial charge on any atom is 0.0710 e. The maximum absolute atomic E-state index is 5.33. The van der Waals surface area contributed by atoms with Crippen molar-refractivity contribution < 1.29 is 4.74 Å². The first-order chi connectivity index (χ1) is 6.86. The first kappa shape index (κ1) is 12.0. The van der Waals surface area contributed by atoms with Gasteiger partial charge in [-0.15, -0.1) is 0 Å². The van der Waals surface area contributed by atoms with Gasteiger partial charge in [-0.25, -0.2) is 0 Å². The fourth-order valence-corrected chi connectivity index (χ4v) is 1.92. The molecule has 14 heavy (non-hydrogen) atoms. The minimum Gasteiger partial charge on any atom is -0.380 e. The van der Waals surface area contributed by atoms with Gasteiger partial charge in [0.05, 0.1) is 6.10 Å². The normalized spacial score (nSPS) is 23.1. The average molecular weight is 200 g/mol. The van der Waals surface area contributed by atoms with Gasteiger partial charge in [0, 0.05) is 20.2 Å². The van der Waals surface area contributed by atoms with Crippen molar-refractivity contribution in [2.45, 2.75) is 32.3 Å². The standard InChI is InChI=1S/C11H24N2O/c1-3-6-12-7-4-8-13-9-5-11(10-13)14-2/h11-12H,3-10H2,1-2H3. The summed E-state index contributed by atoms with van der Waals surface area (Å²) in [7, 11) is 1.82. The molecule has 0 saturated carbocycles. The molecule has 0 bridgehead atoms. The number of methoxy groups -OCH3 is 1. The summed E-state index contributed by atoms with van der Waals surface area (Å²) >= 11 is 0. The molecule has 1 heterocycles. The number of hydrogen-bond donors (Lipinski definition) is 1. The fourth-order valence-electron chi connectivity index (χ4n) is 1.92. The molecule has 1 fully saturated rings. The Morgan fingerprint density at radius 3 is 2.93 bits per heavy atom. The lowest BCUT2D eigenvalue weighted by Gasteiger charge is -2.15. The molecule has 1 atom stereocenters. The third-order valence-corrected chi connectivity index (χ3v) is 2.82. The zero-order valence-corrected chi connectivity index (χ0v) is 9.59. The molecule has 1 unspecified atom stereocenters. The molecule has 0 radical (unpaired) electrons. The molecule has 0 amide bonds. The largest absolute Gasteiger partial charge is 0.380 e. The van der Waals surface area contributed by atoms with E-state index in [4.69, 9.17) is 4.74 Å². The SMILES string of the molecule is CCCNCCCN1CCC(OC)C1. The second-order valence-corrected chi connectivity index (χ2v) is 4.05. The number of likely N-dealkylation sites (tertiary alicyclic amines) is 1. The Morgan fingerprint density at radius 1 is 1.43 bits per heavy atom. The van der Waals surface area contributed by atoms with E-state index in [0.717, 1.165) is 19.6 Å². The van der Waals surface area contributed by atoms with Gasteiger partial charge in [0.1, 0.15) is 0 Å². The summed E-state index contributed by atoms with van der Waals surface area (Å²) in [5, 5.41) is 3.43. The van der Waals surface area contributed by atoms with Crippen molar-refractivity contribution in [3.63, 3.8) is 0 Å². The molecule has 1 aliphatic heterocycles. The van der Waals surface area contributed by atoms with E-state index in [1.165, 1.54) is 32.4 Å². The van der Waals surface area contributed by atoms with Gasteiger partial charge in [0.2, 0.25) is 0 Å². The maximum atomic E-state index is 5.33. The number of rotatable bonds is 7. The fraction of sp³-hybridized carbons (Fsp3) is 1.00. The van der Waals surface area contributed by atoms with Gasteiger partial charge in [-0.05, 0) is 38.9 Å². The molecular weight excluding hydrogens is 176 g/mol. The molecule has 1 N–H and O–H groups in total. The van der Waals surface area contributed by atoms with Crippen LogP contribution in [0.25, 0.3) is 0 Å². The summed E-state index contributed by atoms with van der Waals surface area (Å²) in [5.74, 6) is 0. The van der Waals surface area contributed by atoms with E-state index in [1.54, 1.807) is 0 Å². The van der Waals surface area contributed by atoms with Gasteiger partial charge in [-0.3, -0.25) is 0 Å². The van der Waals surface area contributed by atoms with Crippen LogP contribution in [0.5, 0.6) is 0 Å². The lowest BCUT2D eigenvalue weighted by molar-refractivity contribution is 0.108. The summed E-state index contributed by atoms with van der Waals surface area (Å²) in [4.78, 5) is 2.50. The van der Waals surface area contributed by atoms with Gasteiger partial charge in [-0.1, -0.05) is 6.92 Å². The highest BCUT2D eigenvalue weighted by molar-refractivity contribution is 4.75. The first-order valence-electron chi connectivity index (χ1n) is 5.82. The molecule has 0 spiro atoms. The molecule has 3 heteroatoms. The number of hydrogen-bond acceptors (Lipinski definition) is 3. The van der Waals surface area contributed by atoms with Gasteiger partial charge in [-0.2, -0.15) is 0 Å². The zero-order valence-electron chi connectivity index (χ0n) is 9.59. The molecule has 84 valence electrons. The summed E-state index contributed by atoms with van der Waals surface area (Å²) in [6, 6.07) is 0. The Hall–Kier alpha value is -0.120. The predicted molar refractivity (Wildman–Crippen MR) is 59.6 cm³/mol. The zero-order chi connectivity index (χ0) is 10.2. The Labute approximate surface area is 87.8 Å². The van der Waals surface area contributed by atoms with Crippen molar-refractivity contribution in [2.24, 2.45) is 0 Å². The summed E-state index contributed by atoms with van der Waals surface area (Å²) < 4.78 is 5.33. The van der Waals surface area contributed by atoms with Crippen molar-refractivity contribution in [3.8, 4) is 0 Å². The van der Waals surface area contributed by atoms with Crippen LogP contribution in [0.4, 0.5) is 0 Å². The van der Waals surface area contributed by atoms with E-state index < -0.39 is 0 Å². The van der Waals surface area contributed by atoms with Crippen LogP contribution in [-0.2, 0) is 4.74 Å². The number of nitrogens with zero attached hydrogens (tertiary/aromatic N) is 1. The highest BCUT2D eigenvalue weighted by Crippen LogP contribution is 2.11. The Kier molecular flexibility index (Phi) is 6.15. The highest BCUT2D eigenvalue weighted by atomic mass is 16.5. The van der Waals surface area contributed by atoms with E-state index in [9.17, 15) is 0 Å². The van der Waals surface area contributed by atoms with Crippen LogP contribution in [0.1, 0.15) is 26.2 Å². The van der Waals surface area contributed by atoms with Crippen LogP contribution in [0.3, 0.4) is 0 Å². The molecule has 1 saturated heterocycles. The van der Waals surface area contributed by atoms with Crippen LogP contribution in [0.15, 0.2) is 0 Å². The van der Waals surface area contributed by atoms with Crippen molar-refractivity contribution in [2.75, 3.05) is 39.8 Å². The Balaban J connectivity index is 1.92. The van der Waals surface area contributed by atoms with Crippen LogP contribution in [-0.4, -0.2) is 50.8 Å². The average Bonchev–Trinajstić information content (AvgIpc) is 2.65. The van der Waals surface area contributed by atoms with Crippen molar-refractivity contribution in [1.29, 1.82) is 0 Å². The van der Waals surface area contributed by atoms with Crippen molar-refractivity contribution in [1.82, 2.24) is 10.2 Å². The minimum absolute atomic E-state index is 0.485. The van der Waals surface area contributed by atoms with Crippen LogP contribution < -0.4 is 5.32 Å². The summed E-state index contributed by atoms with van der Waals surface area (Å²) in [6.07, 6.45) is 4.18. The smallest absolute Gasteiger partial charge is 0.0710 e.